The summed E-state index contributed by atoms with van der Waals surface area (Å²) in [5.41, 5.74) is 3.29. The van der Waals surface area contributed by atoms with E-state index in [2.05, 4.69) is 10.1 Å². The zero-order valence-electron chi connectivity index (χ0n) is 19.2. The van der Waals surface area contributed by atoms with Gasteiger partial charge in [-0.15, -0.1) is 0 Å². The summed E-state index contributed by atoms with van der Waals surface area (Å²) >= 11 is 0. The lowest BCUT2D eigenvalue weighted by atomic mass is 9.97. The number of carboxylic acids is 1. The van der Waals surface area contributed by atoms with Gasteiger partial charge in [0.2, 0.25) is 5.82 Å². The molecule has 0 atom stereocenters. The SMILES string of the molecule is COCc1cc(-c2nc(-c3ccc(CN(C)CC(=O)O)c(F)c3)no2)ccc1-c1ccccc1F. The smallest absolute Gasteiger partial charge is 0.317 e. The molecule has 1 N–H and O–H groups in total. The van der Waals surface area contributed by atoms with Gasteiger partial charge in [-0.2, -0.15) is 4.98 Å². The zero-order valence-corrected chi connectivity index (χ0v) is 19.2. The number of benzene rings is 3. The van der Waals surface area contributed by atoms with Gasteiger partial charge in [-0.05, 0) is 42.4 Å². The number of carboxylic acid groups (broad SMARTS) is 1. The fourth-order valence-electron chi connectivity index (χ4n) is 3.79. The maximum absolute atomic E-state index is 14.6. The molecule has 0 saturated heterocycles. The highest BCUT2D eigenvalue weighted by atomic mass is 19.1. The average molecular weight is 479 g/mol. The second-order valence-electron chi connectivity index (χ2n) is 8.08. The van der Waals surface area contributed by atoms with Crippen LogP contribution in [0.5, 0.6) is 0 Å². The Morgan fingerprint density at radius 2 is 1.77 bits per heavy atom. The van der Waals surface area contributed by atoms with Gasteiger partial charge in [0.25, 0.3) is 5.89 Å². The van der Waals surface area contributed by atoms with Crippen molar-refractivity contribution in [2.75, 3.05) is 20.7 Å². The molecule has 0 aliphatic rings. The Hall–Kier alpha value is -3.95. The Labute approximate surface area is 200 Å². The Morgan fingerprint density at radius 1 is 1.00 bits per heavy atom. The first-order chi connectivity index (χ1) is 16.9. The molecule has 0 saturated carbocycles. The molecule has 0 aliphatic carbocycles. The summed E-state index contributed by atoms with van der Waals surface area (Å²) in [6.45, 7) is 0.199. The molecule has 4 aromatic rings. The van der Waals surface area contributed by atoms with Crippen molar-refractivity contribution in [2.24, 2.45) is 0 Å². The van der Waals surface area contributed by atoms with Crippen molar-refractivity contribution in [1.29, 1.82) is 0 Å². The largest absolute Gasteiger partial charge is 0.480 e. The van der Waals surface area contributed by atoms with E-state index in [0.717, 1.165) is 5.56 Å². The molecule has 7 nitrogen and oxygen atoms in total. The second-order valence-corrected chi connectivity index (χ2v) is 8.08. The van der Waals surface area contributed by atoms with Gasteiger partial charge in [0.1, 0.15) is 11.6 Å². The van der Waals surface area contributed by atoms with Gasteiger partial charge in [0.05, 0.1) is 13.2 Å². The Morgan fingerprint density at radius 3 is 2.49 bits per heavy atom. The third kappa shape index (κ3) is 5.59. The van der Waals surface area contributed by atoms with Crippen molar-refractivity contribution >= 4 is 5.97 Å². The Kier molecular flexibility index (Phi) is 7.28. The van der Waals surface area contributed by atoms with Crippen molar-refractivity contribution in [3.8, 4) is 34.0 Å². The summed E-state index contributed by atoms with van der Waals surface area (Å²) in [6, 6.07) is 16.3. The number of carbonyl (C=O) groups is 1. The first-order valence-corrected chi connectivity index (χ1v) is 10.8. The number of likely N-dealkylation sites (N-methyl/N-ethyl adjacent to an activating group) is 1. The molecule has 9 heteroatoms. The summed E-state index contributed by atoms with van der Waals surface area (Å²) < 4.78 is 39.7. The first-order valence-electron chi connectivity index (χ1n) is 10.8. The summed E-state index contributed by atoms with van der Waals surface area (Å²) in [6.07, 6.45) is 0. The van der Waals surface area contributed by atoms with E-state index in [1.807, 2.05) is 0 Å². The quantitative estimate of drug-likeness (QED) is 0.361. The number of ether oxygens (including phenoxy) is 1. The minimum Gasteiger partial charge on any atom is -0.480 e. The number of hydrogen-bond donors (Lipinski definition) is 1. The highest BCUT2D eigenvalue weighted by Gasteiger charge is 2.17. The first kappa shape index (κ1) is 24.2. The van der Waals surface area contributed by atoms with Gasteiger partial charge in [0, 0.05) is 35.9 Å². The number of halogens is 2. The lowest BCUT2D eigenvalue weighted by Crippen LogP contribution is -2.25. The predicted molar refractivity (Wildman–Crippen MR) is 125 cm³/mol. The van der Waals surface area contributed by atoms with E-state index in [1.54, 1.807) is 62.7 Å². The molecule has 0 spiro atoms. The van der Waals surface area contributed by atoms with Crippen LogP contribution < -0.4 is 0 Å². The number of aliphatic carboxylic acids is 1. The lowest BCUT2D eigenvalue weighted by molar-refractivity contribution is -0.138. The normalized spacial score (nSPS) is 11.2. The van der Waals surface area contributed by atoms with E-state index in [-0.39, 0.29) is 37.2 Å². The van der Waals surface area contributed by atoms with Crippen LogP contribution in [0.3, 0.4) is 0 Å². The highest BCUT2D eigenvalue weighted by Crippen LogP contribution is 2.31. The Balaban J connectivity index is 1.60. The van der Waals surface area contributed by atoms with Crippen LogP contribution in [-0.4, -0.2) is 46.8 Å². The average Bonchev–Trinajstić information content (AvgIpc) is 3.31. The van der Waals surface area contributed by atoms with Crippen LogP contribution in [0.25, 0.3) is 34.0 Å². The molecule has 4 rings (SSSR count). The topological polar surface area (TPSA) is 88.7 Å². The molecule has 1 heterocycles. The summed E-state index contributed by atoms with van der Waals surface area (Å²) in [5, 5.41) is 12.8. The van der Waals surface area contributed by atoms with E-state index in [1.165, 1.54) is 17.0 Å². The molecular formula is C26H23F2N3O4. The lowest BCUT2D eigenvalue weighted by Gasteiger charge is -2.14. The third-order valence-electron chi connectivity index (χ3n) is 5.40. The number of nitrogens with zero attached hydrogens (tertiary/aromatic N) is 3. The highest BCUT2D eigenvalue weighted by molar-refractivity contribution is 5.72. The van der Waals surface area contributed by atoms with Crippen LogP contribution in [0.4, 0.5) is 8.78 Å². The maximum atomic E-state index is 14.6. The third-order valence-corrected chi connectivity index (χ3v) is 5.40. The van der Waals surface area contributed by atoms with Crippen LogP contribution in [0.15, 0.2) is 65.2 Å². The van der Waals surface area contributed by atoms with Crippen molar-refractivity contribution in [3.63, 3.8) is 0 Å². The van der Waals surface area contributed by atoms with Crippen molar-refractivity contribution in [2.45, 2.75) is 13.2 Å². The van der Waals surface area contributed by atoms with Crippen LogP contribution in [-0.2, 0) is 22.7 Å². The number of aromatic nitrogens is 2. The van der Waals surface area contributed by atoms with E-state index in [9.17, 15) is 13.6 Å². The molecule has 180 valence electrons. The molecule has 0 amide bonds. The summed E-state index contributed by atoms with van der Waals surface area (Å²) in [4.78, 5) is 16.7. The summed E-state index contributed by atoms with van der Waals surface area (Å²) in [7, 11) is 3.16. The summed E-state index contributed by atoms with van der Waals surface area (Å²) in [5.74, 6) is -1.39. The van der Waals surface area contributed by atoms with E-state index >= 15 is 0 Å². The van der Waals surface area contributed by atoms with Crippen LogP contribution >= 0.6 is 0 Å². The van der Waals surface area contributed by atoms with Crippen LogP contribution in [0, 0.1) is 11.6 Å². The number of methoxy groups -OCH3 is 1. The molecule has 0 aliphatic heterocycles. The van der Waals surface area contributed by atoms with Gasteiger partial charge < -0.3 is 14.4 Å². The van der Waals surface area contributed by atoms with E-state index in [4.69, 9.17) is 14.4 Å². The van der Waals surface area contributed by atoms with Gasteiger partial charge in [0.15, 0.2) is 0 Å². The maximum Gasteiger partial charge on any atom is 0.317 e. The standard InChI is InChI=1S/C26H23F2N3O4/c1-31(14-24(32)33)13-18-8-7-16(12-23(18)28)25-29-26(35-30-25)17-9-10-20(19(11-17)15-34-2)21-5-3-4-6-22(21)27/h3-12H,13-15H2,1-2H3,(H,32,33). The molecular weight excluding hydrogens is 456 g/mol. The fourth-order valence-corrected chi connectivity index (χ4v) is 3.79. The minimum absolute atomic E-state index is 0.145. The van der Waals surface area contributed by atoms with Crippen molar-refractivity contribution < 1.29 is 27.9 Å². The monoisotopic (exact) mass is 479 g/mol. The molecule has 0 bridgehead atoms. The zero-order chi connectivity index (χ0) is 24.9. The molecule has 0 fully saturated rings. The molecule has 0 unspecified atom stereocenters. The Bertz CT molecular complexity index is 1360. The fraction of sp³-hybridized carbons (Fsp3) is 0.192. The molecule has 1 aromatic heterocycles. The van der Waals surface area contributed by atoms with Gasteiger partial charge >= 0.3 is 5.97 Å². The van der Waals surface area contributed by atoms with Crippen molar-refractivity contribution in [3.05, 3.63) is 83.4 Å². The van der Waals surface area contributed by atoms with Crippen LogP contribution in [0.2, 0.25) is 0 Å². The second kappa shape index (κ2) is 10.5. The van der Waals surface area contributed by atoms with Crippen LogP contribution in [0.1, 0.15) is 11.1 Å². The van der Waals surface area contributed by atoms with E-state index in [0.29, 0.717) is 27.8 Å². The number of rotatable bonds is 9. The minimum atomic E-state index is -0.987. The van der Waals surface area contributed by atoms with Crippen molar-refractivity contribution in [1.82, 2.24) is 15.0 Å². The van der Waals surface area contributed by atoms with Gasteiger partial charge in [-0.3, -0.25) is 9.69 Å². The van der Waals surface area contributed by atoms with Gasteiger partial charge in [-0.1, -0.05) is 41.6 Å². The number of hydrogen-bond acceptors (Lipinski definition) is 6. The molecule has 0 radical (unpaired) electrons. The molecule has 35 heavy (non-hydrogen) atoms. The molecule has 3 aromatic carbocycles. The van der Waals surface area contributed by atoms with Gasteiger partial charge in [-0.25, -0.2) is 8.78 Å². The predicted octanol–water partition coefficient (Wildman–Crippen LogP) is 5.01. The van der Waals surface area contributed by atoms with E-state index < -0.39 is 11.8 Å².